The largest absolute Gasteiger partial charge is 0.414 e. The predicted octanol–water partition coefficient (Wildman–Crippen LogP) is 2.40. The van der Waals surface area contributed by atoms with E-state index in [0.717, 1.165) is 13.0 Å². The van der Waals surface area contributed by atoms with E-state index in [-0.39, 0.29) is 17.7 Å². The zero-order valence-corrected chi connectivity index (χ0v) is 12.7. The second-order valence-electron chi connectivity index (χ2n) is 7.04. The summed E-state index contributed by atoms with van der Waals surface area (Å²) in [5.74, 6) is 1.02. The molecule has 0 spiro atoms. The SMILES string of the molecule is CC(C)(C)[Si](C)(C)OC[C@H]1C[C@H]2[C@H](CO)[C@H]2O1. The molecule has 0 aromatic carbocycles. The van der Waals surface area contributed by atoms with E-state index in [1.165, 1.54) is 0 Å². The van der Waals surface area contributed by atoms with Crippen LogP contribution >= 0.6 is 0 Å². The average molecular weight is 258 g/mol. The van der Waals surface area contributed by atoms with E-state index in [1.807, 2.05) is 0 Å². The highest BCUT2D eigenvalue weighted by Gasteiger charge is 2.57. The summed E-state index contributed by atoms with van der Waals surface area (Å²) >= 11 is 0. The van der Waals surface area contributed by atoms with E-state index in [4.69, 9.17) is 14.3 Å². The molecule has 0 aromatic rings. The molecule has 0 amide bonds. The van der Waals surface area contributed by atoms with Gasteiger partial charge in [-0.05, 0) is 30.5 Å². The molecule has 1 heterocycles. The molecule has 0 radical (unpaired) electrons. The van der Waals surface area contributed by atoms with E-state index >= 15 is 0 Å². The fourth-order valence-electron chi connectivity index (χ4n) is 2.37. The number of hydrogen-bond donors (Lipinski definition) is 1. The first-order valence-corrected chi connectivity index (χ1v) is 9.57. The molecule has 2 rings (SSSR count). The van der Waals surface area contributed by atoms with Gasteiger partial charge in [-0.2, -0.15) is 0 Å². The second-order valence-corrected chi connectivity index (χ2v) is 11.8. The molecule has 0 bridgehead atoms. The average Bonchev–Trinajstić information content (AvgIpc) is 2.67. The molecule has 100 valence electrons. The summed E-state index contributed by atoms with van der Waals surface area (Å²) in [6.07, 6.45) is 1.67. The fraction of sp³-hybridized carbons (Fsp3) is 1.00. The lowest BCUT2D eigenvalue weighted by atomic mass is 10.2. The van der Waals surface area contributed by atoms with Gasteiger partial charge in [0.05, 0.1) is 18.8 Å². The van der Waals surface area contributed by atoms with Crippen LogP contribution in [0.4, 0.5) is 0 Å². The Kier molecular flexibility index (Phi) is 3.45. The van der Waals surface area contributed by atoms with E-state index in [1.54, 1.807) is 0 Å². The molecule has 1 saturated heterocycles. The number of aliphatic hydroxyl groups excluding tert-OH is 1. The minimum Gasteiger partial charge on any atom is -0.414 e. The highest BCUT2D eigenvalue weighted by Crippen LogP contribution is 2.51. The van der Waals surface area contributed by atoms with Crippen LogP contribution in [0.3, 0.4) is 0 Å². The van der Waals surface area contributed by atoms with Crippen LogP contribution in [0, 0.1) is 11.8 Å². The van der Waals surface area contributed by atoms with E-state index < -0.39 is 8.32 Å². The summed E-state index contributed by atoms with van der Waals surface area (Å²) in [7, 11) is -1.63. The third-order valence-electron chi connectivity index (χ3n) is 4.78. The number of rotatable bonds is 4. The minimum absolute atomic E-state index is 0.266. The van der Waals surface area contributed by atoms with Gasteiger partial charge in [0.1, 0.15) is 0 Å². The van der Waals surface area contributed by atoms with Crippen molar-refractivity contribution < 1.29 is 14.3 Å². The van der Waals surface area contributed by atoms with Gasteiger partial charge in [0, 0.05) is 12.5 Å². The maximum atomic E-state index is 9.06. The van der Waals surface area contributed by atoms with Crippen LogP contribution in [0.5, 0.6) is 0 Å². The first-order valence-electron chi connectivity index (χ1n) is 6.66. The van der Waals surface area contributed by atoms with Crippen LogP contribution in [0.25, 0.3) is 0 Å². The Morgan fingerprint density at radius 2 is 2.00 bits per heavy atom. The molecule has 2 aliphatic rings. The topological polar surface area (TPSA) is 38.7 Å². The van der Waals surface area contributed by atoms with Crippen molar-refractivity contribution in [1.82, 2.24) is 0 Å². The molecular formula is C13H26O3Si. The Morgan fingerprint density at radius 3 is 2.41 bits per heavy atom. The van der Waals surface area contributed by atoms with Gasteiger partial charge in [0.25, 0.3) is 0 Å². The quantitative estimate of drug-likeness (QED) is 0.787. The summed E-state index contributed by atoms with van der Waals surface area (Å²) < 4.78 is 12.1. The molecule has 2 fully saturated rings. The predicted molar refractivity (Wildman–Crippen MR) is 70.5 cm³/mol. The summed E-state index contributed by atoms with van der Waals surface area (Å²) in [6.45, 7) is 12.3. The summed E-state index contributed by atoms with van der Waals surface area (Å²) in [5.41, 5.74) is 0. The number of aliphatic hydroxyl groups is 1. The van der Waals surface area contributed by atoms with Crippen molar-refractivity contribution in [1.29, 1.82) is 0 Å². The van der Waals surface area contributed by atoms with Crippen LogP contribution in [0.2, 0.25) is 18.1 Å². The number of ether oxygens (including phenoxy) is 1. The molecule has 1 aliphatic carbocycles. The maximum absolute atomic E-state index is 9.06. The Bertz CT molecular complexity index is 273. The van der Waals surface area contributed by atoms with Gasteiger partial charge in [-0.15, -0.1) is 0 Å². The van der Waals surface area contributed by atoms with E-state index in [2.05, 4.69) is 33.9 Å². The summed E-state index contributed by atoms with van der Waals surface area (Å²) in [5, 5.41) is 9.33. The summed E-state index contributed by atoms with van der Waals surface area (Å²) in [6, 6.07) is 0. The Labute approximate surface area is 106 Å². The van der Waals surface area contributed by atoms with Gasteiger partial charge in [-0.25, -0.2) is 0 Å². The normalized spacial score (nSPS) is 37.1. The van der Waals surface area contributed by atoms with Gasteiger partial charge >= 0.3 is 0 Å². The molecule has 0 aromatic heterocycles. The molecule has 1 aliphatic heterocycles. The van der Waals surface area contributed by atoms with Gasteiger partial charge in [0.15, 0.2) is 8.32 Å². The Hall–Kier alpha value is 0.0969. The van der Waals surface area contributed by atoms with Gasteiger partial charge in [-0.1, -0.05) is 20.8 Å². The third-order valence-corrected chi connectivity index (χ3v) is 9.29. The lowest BCUT2D eigenvalue weighted by Gasteiger charge is -2.37. The Morgan fingerprint density at radius 1 is 1.35 bits per heavy atom. The summed E-state index contributed by atoms with van der Waals surface area (Å²) in [4.78, 5) is 0. The third kappa shape index (κ3) is 2.60. The van der Waals surface area contributed by atoms with Gasteiger partial charge < -0.3 is 14.3 Å². The highest BCUT2D eigenvalue weighted by molar-refractivity contribution is 6.74. The van der Waals surface area contributed by atoms with Crippen molar-refractivity contribution in [2.45, 2.75) is 57.5 Å². The first-order chi connectivity index (χ1) is 7.76. The lowest BCUT2D eigenvalue weighted by Crippen LogP contribution is -2.42. The van der Waals surface area contributed by atoms with Gasteiger partial charge in [-0.3, -0.25) is 0 Å². The van der Waals surface area contributed by atoms with Crippen LogP contribution < -0.4 is 0 Å². The highest BCUT2D eigenvalue weighted by atomic mass is 28.4. The van der Waals surface area contributed by atoms with Crippen molar-refractivity contribution in [2.75, 3.05) is 13.2 Å². The standard InChI is InChI=1S/C13H26O3Si/c1-13(2,3)17(4,5)15-8-9-6-10-11(7-14)12(10)16-9/h9-12,14H,6-8H2,1-5H3/t9-,10+,11+,12+/m1/s1. The number of fused-ring (bicyclic) bond motifs is 1. The van der Waals surface area contributed by atoms with Crippen LogP contribution in [0.1, 0.15) is 27.2 Å². The monoisotopic (exact) mass is 258 g/mol. The molecule has 1 N–H and O–H groups in total. The molecule has 3 nitrogen and oxygen atoms in total. The Balaban J connectivity index is 1.75. The van der Waals surface area contributed by atoms with Crippen molar-refractivity contribution >= 4 is 8.32 Å². The van der Waals surface area contributed by atoms with Crippen LogP contribution in [-0.4, -0.2) is 38.8 Å². The van der Waals surface area contributed by atoms with Crippen molar-refractivity contribution in [3.8, 4) is 0 Å². The zero-order chi connectivity index (χ0) is 12.8. The molecule has 4 atom stereocenters. The second kappa shape index (κ2) is 4.33. The maximum Gasteiger partial charge on any atom is 0.192 e. The van der Waals surface area contributed by atoms with Crippen molar-refractivity contribution in [3.05, 3.63) is 0 Å². The first kappa shape index (κ1) is 13.5. The molecule has 1 saturated carbocycles. The lowest BCUT2D eigenvalue weighted by molar-refractivity contribution is 0.0170. The van der Waals surface area contributed by atoms with Crippen LogP contribution in [0.15, 0.2) is 0 Å². The van der Waals surface area contributed by atoms with E-state index in [0.29, 0.717) is 17.9 Å². The van der Waals surface area contributed by atoms with Crippen molar-refractivity contribution in [3.63, 3.8) is 0 Å². The molecule has 4 heteroatoms. The van der Waals surface area contributed by atoms with Gasteiger partial charge in [0.2, 0.25) is 0 Å². The fourth-order valence-corrected chi connectivity index (χ4v) is 3.40. The molecule has 0 unspecified atom stereocenters. The minimum atomic E-state index is -1.63. The van der Waals surface area contributed by atoms with Crippen LogP contribution in [-0.2, 0) is 9.16 Å². The number of hydrogen-bond acceptors (Lipinski definition) is 3. The smallest absolute Gasteiger partial charge is 0.192 e. The van der Waals surface area contributed by atoms with Crippen molar-refractivity contribution in [2.24, 2.45) is 11.8 Å². The van der Waals surface area contributed by atoms with E-state index in [9.17, 15) is 0 Å². The molecule has 17 heavy (non-hydrogen) atoms. The molecular weight excluding hydrogens is 232 g/mol. The zero-order valence-electron chi connectivity index (χ0n) is 11.7.